The van der Waals surface area contributed by atoms with Crippen molar-refractivity contribution in [2.24, 2.45) is 0 Å². The van der Waals surface area contributed by atoms with Crippen LogP contribution in [0.1, 0.15) is 11.1 Å². The van der Waals surface area contributed by atoms with Crippen LogP contribution in [0, 0.1) is 0 Å². The summed E-state index contributed by atoms with van der Waals surface area (Å²) < 4.78 is 11.6. The average Bonchev–Trinajstić information content (AvgIpc) is 3.44. The minimum absolute atomic E-state index is 0.0575. The summed E-state index contributed by atoms with van der Waals surface area (Å²) in [6, 6.07) is 20.6. The van der Waals surface area contributed by atoms with Crippen LogP contribution in [-0.2, 0) is 34.9 Å². The molecule has 35 heavy (non-hydrogen) atoms. The van der Waals surface area contributed by atoms with Crippen LogP contribution in [0.3, 0.4) is 0 Å². The number of fused-ring (bicyclic) bond motifs is 5. The van der Waals surface area contributed by atoms with Gasteiger partial charge in [-0.15, -0.1) is 0 Å². The number of ether oxygens (including phenoxy) is 2. The number of carbonyl (C=O) groups is 3. The van der Waals surface area contributed by atoms with Crippen molar-refractivity contribution in [2.45, 2.75) is 11.0 Å². The molecule has 174 valence electrons. The Kier molecular flexibility index (Phi) is 4.46. The molecule has 3 aliphatic heterocycles. The van der Waals surface area contributed by atoms with Crippen molar-refractivity contribution in [1.82, 2.24) is 0 Å². The third-order valence-corrected chi connectivity index (χ3v) is 6.92. The van der Waals surface area contributed by atoms with Gasteiger partial charge in [0.2, 0.25) is 17.4 Å². The molecule has 3 heterocycles. The maximum atomic E-state index is 14.0. The fraction of sp³-hybridized carbons (Fsp3) is 0.115. The van der Waals surface area contributed by atoms with Crippen molar-refractivity contribution < 1.29 is 23.9 Å². The molecule has 3 N–H and O–H groups in total. The largest absolute Gasteiger partial charge is 0.465 e. The SMILES string of the molecule is COC(=O)C1=C(Nc2ccc(Cl)cc2)O[C@@]2(C(=O)Nc3ccccc32)[C@@]12C(=O)Nc1ccccc12. The standard InChI is InChI=1S/C26H18ClN3O5/c1-34-22(31)20-21(28-15-12-10-14(27)11-13-15)35-26(17-7-3-5-9-19(17)30-24(26)33)25(20)16-6-2-4-8-18(16)29-23(25)32/h2-13,28H,1H3,(H,29,32)(H,30,33)/t25-,26+/m1/s1. The molecule has 0 saturated carbocycles. The van der Waals surface area contributed by atoms with E-state index in [0.717, 1.165) is 0 Å². The number of carbonyl (C=O) groups excluding carboxylic acids is 3. The summed E-state index contributed by atoms with van der Waals surface area (Å²) in [5.41, 5.74) is -1.49. The second kappa shape index (κ2) is 7.35. The molecule has 0 saturated heterocycles. The molecule has 0 bridgehead atoms. The molecule has 0 unspecified atom stereocenters. The minimum Gasteiger partial charge on any atom is -0.465 e. The molecule has 0 radical (unpaired) electrons. The minimum atomic E-state index is -1.90. The Morgan fingerprint density at radius 3 is 2.17 bits per heavy atom. The summed E-state index contributed by atoms with van der Waals surface area (Å²) >= 11 is 6.03. The number of para-hydroxylation sites is 2. The lowest BCUT2D eigenvalue weighted by atomic mass is 9.62. The first kappa shape index (κ1) is 21.2. The van der Waals surface area contributed by atoms with E-state index in [2.05, 4.69) is 16.0 Å². The molecule has 8 nitrogen and oxygen atoms in total. The van der Waals surface area contributed by atoms with Crippen molar-refractivity contribution in [1.29, 1.82) is 0 Å². The van der Waals surface area contributed by atoms with E-state index in [1.54, 1.807) is 72.8 Å². The number of amides is 2. The smallest absolute Gasteiger partial charge is 0.340 e. The third-order valence-electron chi connectivity index (χ3n) is 6.67. The number of benzene rings is 3. The first-order chi connectivity index (χ1) is 16.9. The molecular weight excluding hydrogens is 470 g/mol. The van der Waals surface area contributed by atoms with Gasteiger partial charge in [0.05, 0.1) is 7.11 Å². The van der Waals surface area contributed by atoms with Crippen molar-refractivity contribution >= 4 is 46.4 Å². The predicted octanol–water partition coefficient (Wildman–Crippen LogP) is 3.90. The Hall–Kier alpha value is -4.30. The maximum absolute atomic E-state index is 14.0. The Balaban J connectivity index is 1.69. The molecule has 2 amide bonds. The zero-order chi connectivity index (χ0) is 24.4. The first-order valence-corrected chi connectivity index (χ1v) is 11.2. The molecule has 0 fully saturated rings. The lowest BCUT2D eigenvalue weighted by Gasteiger charge is -2.36. The summed E-state index contributed by atoms with van der Waals surface area (Å²) in [5, 5.41) is 9.28. The fourth-order valence-corrected chi connectivity index (χ4v) is 5.41. The number of anilines is 3. The van der Waals surface area contributed by atoms with Gasteiger partial charge in [0.15, 0.2) is 5.41 Å². The van der Waals surface area contributed by atoms with Crippen molar-refractivity contribution in [3.05, 3.63) is 100 Å². The Bertz CT molecular complexity index is 1470. The molecule has 3 aliphatic rings. The van der Waals surface area contributed by atoms with E-state index < -0.39 is 28.8 Å². The van der Waals surface area contributed by atoms with Gasteiger partial charge in [-0.1, -0.05) is 48.0 Å². The first-order valence-electron chi connectivity index (χ1n) is 10.8. The lowest BCUT2D eigenvalue weighted by Crippen LogP contribution is -2.57. The number of esters is 1. The fourth-order valence-electron chi connectivity index (χ4n) is 5.29. The highest BCUT2D eigenvalue weighted by Gasteiger charge is 2.77. The summed E-state index contributed by atoms with van der Waals surface area (Å²) in [4.78, 5) is 41.2. The summed E-state index contributed by atoms with van der Waals surface area (Å²) in [5.74, 6) is -2.00. The number of methoxy groups -OCH3 is 1. The number of hydrogen-bond acceptors (Lipinski definition) is 6. The summed E-state index contributed by atoms with van der Waals surface area (Å²) in [6.07, 6.45) is 0. The topological polar surface area (TPSA) is 106 Å². The molecular formula is C26H18ClN3O5. The number of hydrogen-bond donors (Lipinski definition) is 3. The molecule has 0 aliphatic carbocycles. The van der Waals surface area contributed by atoms with Crippen LogP contribution in [-0.4, -0.2) is 24.9 Å². The highest BCUT2D eigenvalue weighted by molar-refractivity contribution is 6.30. The summed E-state index contributed by atoms with van der Waals surface area (Å²) in [6.45, 7) is 0. The Morgan fingerprint density at radius 1 is 0.886 bits per heavy atom. The zero-order valence-corrected chi connectivity index (χ0v) is 19.1. The van der Waals surface area contributed by atoms with Gasteiger partial charge in [-0.2, -0.15) is 0 Å². The molecule has 3 aromatic rings. The maximum Gasteiger partial charge on any atom is 0.340 e. The van der Waals surface area contributed by atoms with E-state index in [-0.39, 0.29) is 11.5 Å². The molecule has 9 heteroatoms. The number of nitrogens with one attached hydrogen (secondary N) is 3. The summed E-state index contributed by atoms with van der Waals surface area (Å²) in [7, 11) is 1.22. The number of rotatable bonds is 3. The molecule has 3 aromatic carbocycles. The predicted molar refractivity (Wildman–Crippen MR) is 129 cm³/mol. The zero-order valence-electron chi connectivity index (χ0n) is 18.3. The lowest BCUT2D eigenvalue weighted by molar-refractivity contribution is -0.147. The Morgan fingerprint density at radius 2 is 1.49 bits per heavy atom. The van der Waals surface area contributed by atoms with Crippen molar-refractivity contribution in [3.8, 4) is 0 Å². The van der Waals surface area contributed by atoms with Gasteiger partial charge < -0.3 is 25.4 Å². The van der Waals surface area contributed by atoms with Gasteiger partial charge in [-0.25, -0.2) is 4.79 Å². The van der Waals surface area contributed by atoms with Gasteiger partial charge in [-0.3, -0.25) is 9.59 Å². The average molecular weight is 488 g/mol. The quantitative estimate of drug-likeness (QED) is 0.484. The Labute approximate surface area is 204 Å². The van der Waals surface area contributed by atoms with E-state index in [4.69, 9.17) is 21.1 Å². The highest BCUT2D eigenvalue weighted by Crippen LogP contribution is 2.64. The van der Waals surface area contributed by atoms with Crippen LogP contribution in [0.2, 0.25) is 5.02 Å². The van der Waals surface area contributed by atoms with E-state index in [9.17, 15) is 14.4 Å². The monoisotopic (exact) mass is 487 g/mol. The number of halogens is 1. The van der Waals surface area contributed by atoms with E-state index in [1.807, 2.05) is 0 Å². The molecule has 2 atom stereocenters. The van der Waals surface area contributed by atoms with Crippen LogP contribution in [0.5, 0.6) is 0 Å². The van der Waals surface area contributed by atoms with Crippen molar-refractivity contribution in [2.75, 3.05) is 23.1 Å². The normalized spacial score (nSPS) is 23.6. The third kappa shape index (κ3) is 2.60. The van der Waals surface area contributed by atoms with Crippen molar-refractivity contribution in [3.63, 3.8) is 0 Å². The molecule has 0 aromatic heterocycles. The molecule has 6 rings (SSSR count). The van der Waals surface area contributed by atoms with Crippen LogP contribution in [0.4, 0.5) is 17.1 Å². The second-order valence-corrected chi connectivity index (χ2v) is 8.80. The van der Waals surface area contributed by atoms with Crippen LogP contribution in [0.25, 0.3) is 0 Å². The van der Waals surface area contributed by atoms with Crippen LogP contribution < -0.4 is 16.0 Å². The van der Waals surface area contributed by atoms with Gasteiger partial charge in [0.1, 0.15) is 5.57 Å². The molecule has 2 spiro atoms. The van der Waals surface area contributed by atoms with Gasteiger partial charge in [-0.05, 0) is 36.4 Å². The van der Waals surface area contributed by atoms with Gasteiger partial charge in [0, 0.05) is 33.2 Å². The van der Waals surface area contributed by atoms with E-state index >= 15 is 0 Å². The van der Waals surface area contributed by atoms with E-state index in [0.29, 0.717) is 33.2 Å². The van der Waals surface area contributed by atoms with E-state index in [1.165, 1.54) is 7.11 Å². The van der Waals surface area contributed by atoms with Gasteiger partial charge in [0.25, 0.3) is 5.91 Å². The highest BCUT2D eigenvalue weighted by atomic mass is 35.5. The van der Waals surface area contributed by atoms with Crippen LogP contribution in [0.15, 0.2) is 84.3 Å². The second-order valence-electron chi connectivity index (χ2n) is 8.36. The van der Waals surface area contributed by atoms with Gasteiger partial charge >= 0.3 is 5.97 Å². The van der Waals surface area contributed by atoms with Crippen LogP contribution >= 0.6 is 11.6 Å².